The van der Waals surface area contributed by atoms with Crippen LogP contribution in [0.1, 0.15) is 12.5 Å². The average molecular weight is 210 g/mol. The van der Waals surface area contributed by atoms with Gasteiger partial charge in [0.25, 0.3) is 0 Å². The number of carbonyl (C=O) groups is 1. The molecule has 82 valence electrons. The van der Waals surface area contributed by atoms with Gasteiger partial charge in [0.05, 0.1) is 7.11 Å². The van der Waals surface area contributed by atoms with Crippen LogP contribution >= 0.6 is 0 Å². The molecule has 5 N–H and O–H groups in total. The van der Waals surface area contributed by atoms with Crippen molar-refractivity contribution in [3.63, 3.8) is 0 Å². The maximum absolute atomic E-state index is 11.1. The molecule has 1 unspecified atom stereocenters. The maximum atomic E-state index is 11.1. The van der Waals surface area contributed by atoms with Crippen molar-refractivity contribution in [2.24, 2.45) is 11.5 Å². The third-order valence-electron chi connectivity index (χ3n) is 2.29. The molecule has 0 heterocycles. The van der Waals surface area contributed by atoms with Gasteiger partial charge in [0.15, 0.2) is 11.5 Å². The van der Waals surface area contributed by atoms with Crippen LogP contribution in [-0.4, -0.2) is 18.1 Å². The molecule has 1 rings (SSSR count). The fraction of sp³-hybridized carbons (Fsp3) is 0.300. The van der Waals surface area contributed by atoms with Gasteiger partial charge in [0.2, 0.25) is 5.91 Å². The van der Waals surface area contributed by atoms with E-state index in [1.165, 1.54) is 32.2 Å². The first kappa shape index (κ1) is 11.3. The van der Waals surface area contributed by atoms with E-state index in [-0.39, 0.29) is 11.5 Å². The Balaban J connectivity index is 3.22. The second-order valence-corrected chi connectivity index (χ2v) is 3.45. The first-order chi connectivity index (χ1) is 6.89. The summed E-state index contributed by atoms with van der Waals surface area (Å²) in [6.45, 7) is 1.50. The van der Waals surface area contributed by atoms with Crippen molar-refractivity contribution in [2.45, 2.75) is 12.5 Å². The van der Waals surface area contributed by atoms with Gasteiger partial charge in [-0.2, -0.15) is 0 Å². The first-order valence-electron chi connectivity index (χ1n) is 4.36. The molecular weight excluding hydrogens is 196 g/mol. The molecular formula is C10H14N2O3. The van der Waals surface area contributed by atoms with Crippen molar-refractivity contribution in [1.29, 1.82) is 0 Å². The van der Waals surface area contributed by atoms with E-state index in [1.54, 1.807) is 0 Å². The van der Waals surface area contributed by atoms with Crippen molar-refractivity contribution >= 4 is 5.91 Å². The number of methoxy groups -OCH3 is 1. The molecule has 0 saturated carbocycles. The van der Waals surface area contributed by atoms with Gasteiger partial charge in [0, 0.05) is 0 Å². The zero-order valence-corrected chi connectivity index (χ0v) is 8.65. The number of rotatable bonds is 3. The number of ether oxygens (including phenoxy) is 1. The Morgan fingerprint density at radius 2 is 2.13 bits per heavy atom. The van der Waals surface area contributed by atoms with Crippen LogP contribution in [0.3, 0.4) is 0 Å². The summed E-state index contributed by atoms with van der Waals surface area (Å²) in [5.74, 6) is -0.401. The van der Waals surface area contributed by atoms with Crippen LogP contribution in [0.5, 0.6) is 11.5 Å². The van der Waals surface area contributed by atoms with E-state index in [0.29, 0.717) is 5.56 Å². The van der Waals surface area contributed by atoms with Gasteiger partial charge in [-0.3, -0.25) is 4.79 Å². The summed E-state index contributed by atoms with van der Waals surface area (Å²) in [4.78, 5) is 11.1. The molecule has 1 aromatic carbocycles. The van der Waals surface area contributed by atoms with Gasteiger partial charge >= 0.3 is 0 Å². The molecule has 0 aliphatic carbocycles. The fourth-order valence-corrected chi connectivity index (χ4v) is 1.14. The fourth-order valence-electron chi connectivity index (χ4n) is 1.14. The van der Waals surface area contributed by atoms with Gasteiger partial charge in [-0.05, 0) is 24.6 Å². The predicted molar refractivity (Wildman–Crippen MR) is 55.4 cm³/mol. The molecule has 1 amide bonds. The van der Waals surface area contributed by atoms with Crippen molar-refractivity contribution in [1.82, 2.24) is 0 Å². The Hall–Kier alpha value is -1.75. The quantitative estimate of drug-likeness (QED) is 0.657. The topological polar surface area (TPSA) is 98.6 Å². The van der Waals surface area contributed by atoms with Crippen molar-refractivity contribution in [2.75, 3.05) is 7.11 Å². The van der Waals surface area contributed by atoms with Crippen molar-refractivity contribution < 1.29 is 14.6 Å². The van der Waals surface area contributed by atoms with E-state index >= 15 is 0 Å². The van der Waals surface area contributed by atoms with Crippen LogP contribution < -0.4 is 16.2 Å². The molecule has 0 radical (unpaired) electrons. The number of nitrogens with two attached hydrogens (primary N) is 2. The molecule has 0 bridgehead atoms. The van der Waals surface area contributed by atoms with E-state index in [0.717, 1.165) is 0 Å². The van der Waals surface area contributed by atoms with Crippen LogP contribution in [0, 0.1) is 0 Å². The minimum absolute atomic E-state index is 0.0125. The average Bonchev–Trinajstić information content (AvgIpc) is 2.18. The number of phenols is 1. The Morgan fingerprint density at radius 3 is 2.60 bits per heavy atom. The molecule has 1 aromatic rings. The van der Waals surface area contributed by atoms with E-state index in [1.807, 2.05) is 0 Å². The van der Waals surface area contributed by atoms with Crippen LogP contribution in [0.2, 0.25) is 0 Å². The first-order valence-corrected chi connectivity index (χ1v) is 4.36. The van der Waals surface area contributed by atoms with E-state index < -0.39 is 11.4 Å². The molecule has 5 nitrogen and oxygen atoms in total. The summed E-state index contributed by atoms with van der Waals surface area (Å²) in [5, 5.41) is 9.36. The Labute approximate surface area is 87.6 Å². The minimum atomic E-state index is -1.28. The van der Waals surface area contributed by atoms with Crippen LogP contribution in [0.25, 0.3) is 0 Å². The second kappa shape index (κ2) is 3.78. The van der Waals surface area contributed by atoms with Crippen molar-refractivity contribution in [3.8, 4) is 11.5 Å². The number of benzene rings is 1. The van der Waals surface area contributed by atoms with Gasteiger partial charge in [-0.25, -0.2) is 0 Å². The predicted octanol–water partition coefficient (Wildman–Crippen LogP) is 0.0600. The summed E-state index contributed by atoms with van der Waals surface area (Å²) in [7, 11) is 1.41. The smallest absolute Gasteiger partial charge is 0.241 e. The minimum Gasteiger partial charge on any atom is -0.504 e. The summed E-state index contributed by atoms with van der Waals surface area (Å²) < 4.78 is 4.90. The van der Waals surface area contributed by atoms with Crippen molar-refractivity contribution in [3.05, 3.63) is 23.8 Å². The number of hydrogen-bond donors (Lipinski definition) is 3. The molecule has 15 heavy (non-hydrogen) atoms. The molecule has 0 aliphatic heterocycles. The van der Waals surface area contributed by atoms with E-state index in [4.69, 9.17) is 16.2 Å². The third kappa shape index (κ3) is 2.02. The highest BCUT2D eigenvalue weighted by Gasteiger charge is 2.28. The summed E-state index contributed by atoms with van der Waals surface area (Å²) in [6.07, 6.45) is 0. The lowest BCUT2D eigenvalue weighted by atomic mass is 9.92. The highest BCUT2D eigenvalue weighted by Crippen LogP contribution is 2.30. The highest BCUT2D eigenvalue weighted by atomic mass is 16.5. The molecule has 1 atom stereocenters. The Morgan fingerprint density at radius 1 is 1.53 bits per heavy atom. The number of primary amides is 1. The van der Waals surface area contributed by atoms with E-state index in [9.17, 15) is 9.90 Å². The normalized spacial score (nSPS) is 14.3. The summed E-state index contributed by atoms with van der Waals surface area (Å²) in [5.41, 5.74) is 10.1. The highest BCUT2D eigenvalue weighted by molar-refractivity contribution is 5.85. The zero-order valence-electron chi connectivity index (χ0n) is 8.65. The summed E-state index contributed by atoms with van der Waals surface area (Å²) >= 11 is 0. The number of amides is 1. The SMILES string of the molecule is COc1cc(C(C)(N)C(N)=O)ccc1O. The molecule has 5 heteroatoms. The standard InChI is InChI=1S/C10H14N2O3/c1-10(12,9(11)14)6-3-4-7(13)8(5-6)15-2/h3-5,13H,12H2,1-2H3,(H2,11,14). The number of phenolic OH excluding ortho intramolecular Hbond substituents is 1. The molecule has 0 spiro atoms. The number of aromatic hydroxyl groups is 1. The van der Waals surface area contributed by atoms with Gasteiger partial charge < -0.3 is 21.3 Å². The molecule has 0 fully saturated rings. The van der Waals surface area contributed by atoms with E-state index in [2.05, 4.69) is 0 Å². The molecule has 0 aromatic heterocycles. The lowest BCUT2D eigenvalue weighted by Crippen LogP contribution is -2.46. The molecule has 0 saturated heterocycles. The van der Waals surface area contributed by atoms with Gasteiger partial charge in [-0.1, -0.05) is 6.07 Å². The second-order valence-electron chi connectivity index (χ2n) is 3.45. The maximum Gasteiger partial charge on any atom is 0.241 e. The van der Waals surface area contributed by atoms with Gasteiger partial charge in [0.1, 0.15) is 5.54 Å². The largest absolute Gasteiger partial charge is 0.504 e. The third-order valence-corrected chi connectivity index (χ3v) is 2.29. The zero-order chi connectivity index (χ0) is 11.6. The summed E-state index contributed by atoms with van der Waals surface area (Å²) in [6, 6.07) is 4.42. The number of hydrogen-bond acceptors (Lipinski definition) is 4. The monoisotopic (exact) mass is 210 g/mol. The van der Waals surface area contributed by atoms with Crippen LogP contribution in [0.15, 0.2) is 18.2 Å². The van der Waals surface area contributed by atoms with Gasteiger partial charge in [-0.15, -0.1) is 0 Å². The Bertz CT molecular complexity index is 388. The number of carbonyl (C=O) groups excluding carboxylic acids is 1. The van der Waals surface area contributed by atoms with Crippen LogP contribution in [0.4, 0.5) is 0 Å². The lowest BCUT2D eigenvalue weighted by Gasteiger charge is -2.21. The Kier molecular flexibility index (Phi) is 2.85. The molecule has 0 aliphatic rings. The lowest BCUT2D eigenvalue weighted by molar-refractivity contribution is -0.122. The van der Waals surface area contributed by atoms with Crippen LogP contribution in [-0.2, 0) is 10.3 Å².